The van der Waals surface area contributed by atoms with E-state index in [4.69, 9.17) is 14.2 Å². The van der Waals surface area contributed by atoms with Gasteiger partial charge >= 0.3 is 0 Å². The van der Waals surface area contributed by atoms with Gasteiger partial charge in [-0.05, 0) is 54.4 Å². The van der Waals surface area contributed by atoms with Crippen LogP contribution in [0.25, 0.3) is 0 Å². The summed E-state index contributed by atoms with van der Waals surface area (Å²) in [6, 6.07) is 17.2. The number of ether oxygens (including phenoxy) is 3. The molecule has 2 aliphatic rings. The van der Waals surface area contributed by atoms with Gasteiger partial charge < -0.3 is 24.6 Å². The molecule has 0 unspecified atom stereocenters. The van der Waals surface area contributed by atoms with Gasteiger partial charge in [-0.3, -0.25) is 9.52 Å². The van der Waals surface area contributed by atoms with Crippen molar-refractivity contribution in [2.75, 3.05) is 18.4 Å². The molecule has 2 heterocycles. The smallest absolute Gasteiger partial charge is 0.262 e. The average molecular weight is 557 g/mol. The maximum Gasteiger partial charge on any atom is 0.262 e. The molecule has 0 radical (unpaired) electrons. The molecule has 0 aliphatic carbocycles. The molecule has 2 aliphatic heterocycles. The van der Waals surface area contributed by atoms with Crippen LogP contribution in [0.1, 0.15) is 29.9 Å². The molecule has 0 spiro atoms. The number of aliphatic hydroxyl groups is 1. The first-order valence-electron chi connectivity index (χ1n) is 12.5. The first-order valence-corrected chi connectivity index (χ1v) is 14.0. The molecule has 206 valence electrons. The quantitative estimate of drug-likeness (QED) is 0.370. The fraction of sp³-hybridized carbons (Fsp3) is 0.321. The Kier molecular flexibility index (Phi) is 7.74. The van der Waals surface area contributed by atoms with E-state index in [1.54, 1.807) is 42.5 Å². The minimum Gasteiger partial charge on any atom is -0.497 e. The number of anilines is 1. The van der Waals surface area contributed by atoms with Crippen molar-refractivity contribution in [2.45, 2.75) is 48.5 Å². The molecule has 1 fully saturated rings. The Morgan fingerprint density at radius 2 is 1.95 bits per heavy atom. The molecule has 0 bridgehead atoms. The predicted octanol–water partition coefficient (Wildman–Crippen LogP) is 3.34. The second-order valence-electron chi connectivity index (χ2n) is 9.55. The van der Waals surface area contributed by atoms with Crippen LogP contribution in [0.2, 0.25) is 0 Å². The first-order chi connectivity index (χ1) is 18.8. The highest BCUT2D eigenvalue weighted by Gasteiger charge is 2.46. The Morgan fingerprint density at radius 3 is 2.72 bits per heavy atom. The number of sulfonamides is 1. The Labute approximate surface area is 226 Å². The molecule has 0 saturated carbocycles. The maximum absolute atomic E-state index is 13.4. The molecule has 1 saturated heterocycles. The zero-order chi connectivity index (χ0) is 27.6. The summed E-state index contributed by atoms with van der Waals surface area (Å²) in [7, 11) is -2.42. The summed E-state index contributed by atoms with van der Waals surface area (Å²) in [6.07, 6.45) is -1.14. The van der Waals surface area contributed by atoms with Crippen molar-refractivity contribution < 1.29 is 36.9 Å². The van der Waals surface area contributed by atoms with Crippen molar-refractivity contribution in [3.8, 4) is 11.5 Å². The van der Waals surface area contributed by atoms with Gasteiger partial charge in [0.1, 0.15) is 29.5 Å². The molecular weight excluding hydrogens is 527 g/mol. The van der Waals surface area contributed by atoms with Crippen LogP contribution in [0.4, 0.5) is 10.1 Å². The van der Waals surface area contributed by atoms with Crippen molar-refractivity contribution >= 4 is 21.6 Å². The molecule has 3 aromatic rings. The standard InChI is InChI=1S/C28H29FN2O7S/c1-36-20-6-3-7-22(12-20)39(34,35)31-19-8-9-25-23(11-19)24-13-21(37-26(16-32)28(24)38-25)14-27(33)30-15-17-4-2-5-18(29)10-17/h2-12,21,24,26,28,31-32H,13-16H2,1H3,(H,30,33)/t21-,24+,26+,28-/m0/s1. The minimum absolute atomic E-state index is 0.0481. The Hall–Kier alpha value is -3.67. The summed E-state index contributed by atoms with van der Waals surface area (Å²) in [6.45, 7) is -0.118. The first kappa shape index (κ1) is 26.9. The molecule has 39 heavy (non-hydrogen) atoms. The van der Waals surface area contributed by atoms with Crippen molar-refractivity contribution in [1.29, 1.82) is 0 Å². The molecule has 5 rings (SSSR count). The highest BCUT2D eigenvalue weighted by atomic mass is 32.2. The number of amides is 1. The Balaban J connectivity index is 1.29. The SMILES string of the molecule is COc1cccc(S(=O)(=O)Nc2ccc3c(c2)[C@H]2C[C@@H](CC(=O)NCc4cccc(F)c4)O[C@H](CO)[C@H]2O3)c1. The fourth-order valence-electron chi connectivity index (χ4n) is 5.06. The maximum atomic E-state index is 13.4. The lowest BCUT2D eigenvalue weighted by molar-refractivity contribution is -0.142. The highest BCUT2D eigenvalue weighted by Crippen LogP contribution is 2.47. The van der Waals surface area contributed by atoms with E-state index in [0.29, 0.717) is 29.2 Å². The molecule has 9 nitrogen and oxygen atoms in total. The topological polar surface area (TPSA) is 123 Å². The van der Waals surface area contributed by atoms with Gasteiger partial charge in [-0.25, -0.2) is 12.8 Å². The number of fused-ring (bicyclic) bond motifs is 3. The van der Waals surface area contributed by atoms with E-state index < -0.39 is 28.3 Å². The second kappa shape index (κ2) is 11.2. The van der Waals surface area contributed by atoms with Gasteiger partial charge in [0.2, 0.25) is 5.91 Å². The van der Waals surface area contributed by atoms with E-state index in [1.807, 2.05) is 0 Å². The van der Waals surface area contributed by atoms with Crippen LogP contribution in [0.3, 0.4) is 0 Å². The zero-order valence-electron chi connectivity index (χ0n) is 21.2. The lowest BCUT2D eigenvalue weighted by Gasteiger charge is -2.37. The van der Waals surface area contributed by atoms with E-state index in [1.165, 1.54) is 31.4 Å². The third-order valence-electron chi connectivity index (χ3n) is 6.89. The van der Waals surface area contributed by atoms with Crippen LogP contribution < -0.4 is 19.5 Å². The summed E-state index contributed by atoms with van der Waals surface area (Å²) >= 11 is 0. The number of hydrogen-bond donors (Lipinski definition) is 3. The summed E-state index contributed by atoms with van der Waals surface area (Å²) < 4.78 is 59.2. The fourth-order valence-corrected chi connectivity index (χ4v) is 6.15. The summed E-state index contributed by atoms with van der Waals surface area (Å²) in [5.41, 5.74) is 1.78. The van der Waals surface area contributed by atoms with Crippen LogP contribution in [0.5, 0.6) is 11.5 Å². The molecule has 3 N–H and O–H groups in total. The van der Waals surface area contributed by atoms with Gasteiger partial charge in [0.05, 0.1) is 31.1 Å². The number of aliphatic hydroxyl groups excluding tert-OH is 1. The molecular formula is C28H29FN2O7S. The second-order valence-corrected chi connectivity index (χ2v) is 11.2. The lowest BCUT2D eigenvalue weighted by Crippen LogP contribution is -2.47. The molecule has 4 atom stereocenters. The zero-order valence-corrected chi connectivity index (χ0v) is 22.0. The number of hydrogen-bond acceptors (Lipinski definition) is 7. The molecule has 11 heteroatoms. The van der Waals surface area contributed by atoms with E-state index in [2.05, 4.69) is 10.0 Å². The normalized spacial score (nSPS) is 21.8. The predicted molar refractivity (Wildman–Crippen MR) is 141 cm³/mol. The van der Waals surface area contributed by atoms with Crippen LogP contribution in [0, 0.1) is 5.82 Å². The third kappa shape index (κ3) is 6.00. The van der Waals surface area contributed by atoms with Gasteiger partial charge in [-0.15, -0.1) is 0 Å². The molecule has 3 aromatic carbocycles. The monoisotopic (exact) mass is 556 g/mol. The number of carbonyl (C=O) groups excluding carboxylic acids is 1. The Bertz CT molecular complexity index is 1470. The van der Waals surface area contributed by atoms with Crippen molar-refractivity contribution in [1.82, 2.24) is 5.32 Å². The van der Waals surface area contributed by atoms with Gasteiger partial charge in [-0.2, -0.15) is 0 Å². The largest absolute Gasteiger partial charge is 0.497 e. The van der Waals surface area contributed by atoms with Gasteiger partial charge in [-0.1, -0.05) is 18.2 Å². The number of methoxy groups -OCH3 is 1. The lowest BCUT2D eigenvalue weighted by atomic mass is 9.84. The number of carbonyl (C=O) groups is 1. The summed E-state index contributed by atoms with van der Waals surface area (Å²) in [5, 5.41) is 12.8. The van der Waals surface area contributed by atoms with E-state index in [9.17, 15) is 22.7 Å². The average Bonchev–Trinajstić information content (AvgIpc) is 3.29. The minimum atomic E-state index is -3.88. The number of nitrogens with one attached hydrogen (secondary N) is 2. The van der Waals surface area contributed by atoms with Crippen molar-refractivity contribution in [2.24, 2.45) is 0 Å². The van der Waals surface area contributed by atoms with Crippen LogP contribution in [0.15, 0.2) is 71.6 Å². The highest BCUT2D eigenvalue weighted by molar-refractivity contribution is 7.92. The molecule has 1 amide bonds. The number of rotatable bonds is 9. The molecule has 0 aromatic heterocycles. The van der Waals surface area contributed by atoms with Crippen LogP contribution in [-0.4, -0.2) is 51.5 Å². The number of benzene rings is 3. The number of halogens is 1. The van der Waals surface area contributed by atoms with E-state index in [0.717, 1.165) is 5.56 Å². The van der Waals surface area contributed by atoms with Crippen LogP contribution in [-0.2, 0) is 26.1 Å². The van der Waals surface area contributed by atoms with Crippen molar-refractivity contribution in [3.05, 3.63) is 83.7 Å². The Morgan fingerprint density at radius 1 is 1.13 bits per heavy atom. The van der Waals surface area contributed by atoms with Crippen LogP contribution >= 0.6 is 0 Å². The van der Waals surface area contributed by atoms with Gasteiger partial charge in [0, 0.05) is 29.8 Å². The summed E-state index contributed by atoms with van der Waals surface area (Å²) in [5.74, 6) is 0.143. The van der Waals surface area contributed by atoms with Gasteiger partial charge in [0.25, 0.3) is 10.0 Å². The van der Waals surface area contributed by atoms with E-state index >= 15 is 0 Å². The summed E-state index contributed by atoms with van der Waals surface area (Å²) in [4.78, 5) is 12.7. The van der Waals surface area contributed by atoms with Crippen molar-refractivity contribution in [3.63, 3.8) is 0 Å². The van der Waals surface area contributed by atoms with E-state index in [-0.39, 0.29) is 42.1 Å². The third-order valence-corrected chi connectivity index (χ3v) is 8.27. The van der Waals surface area contributed by atoms with Gasteiger partial charge in [0.15, 0.2) is 0 Å².